The highest BCUT2D eigenvalue weighted by atomic mass is 127. The van der Waals surface area contributed by atoms with Gasteiger partial charge in [0.2, 0.25) is 0 Å². The first-order valence-electron chi connectivity index (χ1n) is 11.2. The number of likely N-dealkylation sites (N-methyl/N-ethyl adjacent to an activating group) is 1. The SMILES string of the molecule is Cc1ccc(C#Cc2ccc(S(=O)(=O)NC(CC(=O)OCc3ccccc3)C[N+](C)(C)C)s2)cc1.[I-]. The van der Waals surface area contributed by atoms with E-state index in [1.54, 1.807) is 12.1 Å². The Morgan fingerprint density at radius 1 is 1.00 bits per heavy atom. The molecule has 3 rings (SSSR count). The normalized spacial score (nSPS) is 12.1. The molecule has 0 amide bonds. The molecule has 1 unspecified atom stereocenters. The number of ether oxygens (including phenoxy) is 1. The molecule has 3 aromatic rings. The number of benzene rings is 2. The minimum Gasteiger partial charge on any atom is -1.00 e. The van der Waals surface area contributed by atoms with Crippen molar-refractivity contribution in [3.63, 3.8) is 0 Å². The van der Waals surface area contributed by atoms with Crippen molar-refractivity contribution in [1.29, 1.82) is 0 Å². The van der Waals surface area contributed by atoms with Crippen LogP contribution in [0.2, 0.25) is 0 Å². The van der Waals surface area contributed by atoms with Crippen molar-refractivity contribution in [3.8, 4) is 11.8 Å². The molecule has 0 aliphatic rings. The number of halogens is 1. The molecule has 1 aromatic heterocycles. The smallest absolute Gasteiger partial charge is 0.307 e. The fourth-order valence-electron chi connectivity index (χ4n) is 3.38. The maximum atomic E-state index is 13.1. The maximum Gasteiger partial charge on any atom is 0.307 e. The molecule has 1 N–H and O–H groups in total. The lowest BCUT2D eigenvalue weighted by atomic mass is 10.1. The largest absolute Gasteiger partial charge is 1.00 e. The number of quaternary nitrogens is 1. The molecular weight excluding hydrogens is 607 g/mol. The van der Waals surface area contributed by atoms with Crippen LogP contribution in [-0.4, -0.2) is 52.6 Å². The average Bonchev–Trinajstić information content (AvgIpc) is 3.27. The van der Waals surface area contributed by atoms with Crippen molar-refractivity contribution < 1.29 is 46.4 Å². The predicted molar refractivity (Wildman–Crippen MR) is 139 cm³/mol. The highest BCUT2D eigenvalue weighted by molar-refractivity contribution is 7.91. The second kappa shape index (κ2) is 13.4. The minimum atomic E-state index is -3.83. The van der Waals surface area contributed by atoms with E-state index >= 15 is 0 Å². The lowest BCUT2D eigenvalue weighted by Crippen LogP contribution is -3.00. The van der Waals surface area contributed by atoms with Gasteiger partial charge in [-0.2, -0.15) is 0 Å². The number of aryl methyl sites for hydroxylation is 1. The quantitative estimate of drug-likeness (QED) is 0.164. The molecule has 1 heterocycles. The van der Waals surface area contributed by atoms with Crippen molar-refractivity contribution in [2.75, 3.05) is 27.7 Å². The van der Waals surface area contributed by atoms with Crippen molar-refractivity contribution in [2.24, 2.45) is 0 Å². The first-order chi connectivity index (χ1) is 16.5. The Morgan fingerprint density at radius 3 is 2.31 bits per heavy atom. The summed E-state index contributed by atoms with van der Waals surface area (Å²) in [6, 6.07) is 19.8. The van der Waals surface area contributed by atoms with E-state index in [1.807, 2.05) is 82.7 Å². The third kappa shape index (κ3) is 10.0. The number of rotatable bonds is 9. The minimum absolute atomic E-state index is 0. The summed E-state index contributed by atoms with van der Waals surface area (Å²) in [4.78, 5) is 13.1. The van der Waals surface area contributed by atoms with Gasteiger partial charge in [0.15, 0.2) is 0 Å². The molecular formula is C27H31IN2O4S2. The van der Waals surface area contributed by atoms with E-state index in [2.05, 4.69) is 16.6 Å². The Bertz CT molecular complexity index is 1300. The summed E-state index contributed by atoms with van der Waals surface area (Å²) in [5.41, 5.74) is 2.89. The van der Waals surface area contributed by atoms with Gasteiger partial charge >= 0.3 is 5.97 Å². The predicted octanol–water partition coefficient (Wildman–Crippen LogP) is 0.947. The Morgan fingerprint density at radius 2 is 1.67 bits per heavy atom. The number of thiophene rings is 1. The van der Waals surface area contributed by atoms with Crippen molar-refractivity contribution in [2.45, 2.75) is 30.2 Å². The molecule has 2 aromatic carbocycles. The van der Waals surface area contributed by atoms with Crippen LogP contribution in [0.5, 0.6) is 0 Å². The van der Waals surface area contributed by atoms with Gasteiger partial charge in [-0.25, -0.2) is 13.1 Å². The zero-order valence-electron chi connectivity index (χ0n) is 20.8. The summed E-state index contributed by atoms with van der Waals surface area (Å²) in [6.07, 6.45) is -0.0625. The Balaban J connectivity index is 0.00000456. The van der Waals surface area contributed by atoms with Crippen LogP contribution in [0.3, 0.4) is 0 Å². The van der Waals surface area contributed by atoms with E-state index in [9.17, 15) is 13.2 Å². The molecule has 192 valence electrons. The van der Waals surface area contributed by atoms with Gasteiger partial charge in [0.25, 0.3) is 10.0 Å². The fraction of sp³-hybridized carbons (Fsp3) is 0.296. The van der Waals surface area contributed by atoms with Gasteiger partial charge in [0.05, 0.1) is 45.0 Å². The molecule has 36 heavy (non-hydrogen) atoms. The number of carbonyl (C=O) groups is 1. The molecule has 0 saturated heterocycles. The third-order valence-electron chi connectivity index (χ3n) is 4.97. The van der Waals surface area contributed by atoms with Crippen LogP contribution in [-0.2, 0) is 26.2 Å². The van der Waals surface area contributed by atoms with Crippen LogP contribution in [0.4, 0.5) is 0 Å². The van der Waals surface area contributed by atoms with Gasteiger partial charge in [-0.3, -0.25) is 4.79 Å². The van der Waals surface area contributed by atoms with Crippen LogP contribution in [0.15, 0.2) is 70.9 Å². The Labute approximate surface area is 235 Å². The number of hydrogen-bond donors (Lipinski definition) is 1. The highest BCUT2D eigenvalue weighted by Crippen LogP contribution is 2.22. The first-order valence-corrected chi connectivity index (χ1v) is 13.5. The summed E-state index contributed by atoms with van der Waals surface area (Å²) in [6.45, 7) is 2.58. The summed E-state index contributed by atoms with van der Waals surface area (Å²) < 4.78 is 34.9. The number of nitrogens with zero attached hydrogens (tertiary/aromatic N) is 1. The topological polar surface area (TPSA) is 72.5 Å². The van der Waals surface area contributed by atoms with E-state index < -0.39 is 22.0 Å². The van der Waals surface area contributed by atoms with Gasteiger partial charge in [-0.05, 0) is 36.8 Å². The second-order valence-corrected chi connectivity index (χ2v) is 12.4. The fourth-order valence-corrected chi connectivity index (χ4v) is 5.79. The van der Waals surface area contributed by atoms with E-state index in [0.29, 0.717) is 15.9 Å². The van der Waals surface area contributed by atoms with E-state index in [1.165, 1.54) is 0 Å². The summed E-state index contributed by atoms with van der Waals surface area (Å²) in [5.74, 6) is 5.64. The Kier molecular flexibility index (Phi) is 11.1. The van der Waals surface area contributed by atoms with Crippen LogP contribution in [0, 0.1) is 18.8 Å². The van der Waals surface area contributed by atoms with Gasteiger partial charge in [-0.1, -0.05) is 59.9 Å². The maximum absolute atomic E-state index is 13.1. The summed E-state index contributed by atoms with van der Waals surface area (Å²) in [7, 11) is 2.01. The van der Waals surface area contributed by atoms with Crippen molar-refractivity contribution in [1.82, 2.24) is 4.72 Å². The molecule has 0 spiro atoms. The number of hydrogen-bond acceptors (Lipinski definition) is 5. The third-order valence-corrected chi connectivity index (χ3v) is 7.99. The number of nitrogens with one attached hydrogen (secondary N) is 1. The van der Waals surface area contributed by atoms with Gasteiger partial charge in [0.1, 0.15) is 10.8 Å². The van der Waals surface area contributed by atoms with Gasteiger partial charge in [-0.15, -0.1) is 11.3 Å². The standard InChI is InChI=1S/C27H31N2O4S2.HI/c1-21-10-12-22(13-11-21)14-15-25-16-17-27(34-25)35(31,32)28-24(19-29(2,3)4)18-26(30)33-20-23-8-6-5-7-9-23;/h5-13,16-17,24,28H,18-20H2,1-4H3;1H/q+1;/p-1. The first kappa shape index (κ1) is 30.0. The van der Waals surface area contributed by atoms with E-state index in [0.717, 1.165) is 28.0 Å². The van der Waals surface area contributed by atoms with Crippen LogP contribution < -0.4 is 28.7 Å². The molecule has 9 heteroatoms. The van der Waals surface area contributed by atoms with Crippen LogP contribution in [0.25, 0.3) is 0 Å². The van der Waals surface area contributed by atoms with Gasteiger partial charge in [0, 0.05) is 5.56 Å². The number of carbonyl (C=O) groups excluding carboxylic acids is 1. The Hall–Kier alpha value is -2.23. The molecule has 0 bridgehead atoms. The molecule has 0 saturated carbocycles. The lowest BCUT2D eigenvalue weighted by Gasteiger charge is -2.29. The van der Waals surface area contributed by atoms with Gasteiger partial charge < -0.3 is 33.2 Å². The number of esters is 1. The average molecular weight is 639 g/mol. The molecule has 0 radical (unpaired) electrons. The highest BCUT2D eigenvalue weighted by Gasteiger charge is 2.28. The van der Waals surface area contributed by atoms with Crippen molar-refractivity contribution in [3.05, 3.63) is 88.3 Å². The molecule has 0 fully saturated rings. The molecule has 0 aliphatic carbocycles. The summed E-state index contributed by atoms with van der Waals surface area (Å²) >= 11 is 1.10. The summed E-state index contributed by atoms with van der Waals surface area (Å²) in [5, 5.41) is 0. The van der Waals surface area contributed by atoms with Crippen LogP contribution in [0.1, 0.15) is 28.0 Å². The number of sulfonamides is 1. The van der Waals surface area contributed by atoms with E-state index in [-0.39, 0.29) is 41.2 Å². The molecule has 1 atom stereocenters. The second-order valence-electron chi connectivity index (χ2n) is 9.38. The zero-order chi connectivity index (χ0) is 25.5. The monoisotopic (exact) mass is 638 g/mol. The zero-order valence-corrected chi connectivity index (χ0v) is 24.6. The molecule has 6 nitrogen and oxygen atoms in total. The van der Waals surface area contributed by atoms with E-state index in [4.69, 9.17) is 4.74 Å². The van der Waals surface area contributed by atoms with Crippen LogP contribution >= 0.6 is 11.3 Å². The molecule has 0 aliphatic heterocycles. The lowest BCUT2D eigenvalue weighted by molar-refractivity contribution is -0.871. The van der Waals surface area contributed by atoms with Crippen molar-refractivity contribution >= 4 is 27.3 Å².